The van der Waals surface area contributed by atoms with Gasteiger partial charge in [0.1, 0.15) is 0 Å². The highest BCUT2D eigenvalue weighted by atomic mass is 32.2. The predicted molar refractivity (Wildman–Crippen MR) is 59.4 cm³/mol. The molecule has 0 aliphatic carbocycles. The molecule has 0 radical (unpaired) electrons. The van der Waals surface area contributed by atoms with E-state index in [2.05, 4.69) is 19.5 Å². The van der Waals surface area contributed by atoms with Gasteiger partial charge in [0, 0.05) is 17.2 Å². The maximum absolute atomic E-state index is 11.8. The minimum Gasteiger partial charge on any atom is -0.399 e. The van der Waals surface area contributed by atoms with Crippen LogP contribution in [0.25, 0.3) is 0 Å². The van der Waals surface area contributed by atoms with Gasteiger partial charge in [0.25, 0.3) is 10.0 Å². The van der Waals surface area contributed by atoms with Crippen LogP contribution < -0.4 is 10.5 Å². The van der Waals surface area contributed by atoms with Gasteiger partial charge < -0.3 is 5.73 Å². The summed E-state index contributed by atoms with van der Waals surface area (Å²) in [6.07, 6.45) is 0. The number of nitrogens with one attached hydrogen (secondary N) is 1. The summed E-state index contributed by atoms with van der Waals surface area (Å²) in [4.78, 5) is 0.108. The summed E-state index contributed by atoms with van der Waals surface area (Å²) in [7, 11) is -3.64. The molecule has 84 valence electrons. The van der Waals surface area contributed by atoms with Crippen LogP contribution in [0.1, 0.15) is 0 Å². The van der Waals surface area contributed by atoms with Gasteiger partial charge in [-0.15, -0.1) is 0 Å². The first-order valence-electron chi connectivity index (χ1n) is 4.11. The number of aromatic nitrogens is 3. The van der Waals surface area contributed by atoms with Gasteiger partial charge in [0.05, 0.1) is 4.90 Å². The molecule has 0 aliphatic heterocycles. The van der Waals surface area contributed by atoms with Crippen molar-refractivity contribution in [2.24, 2.45) is 0 Å². The second-order valence-corrected chi connectivity index (χ2v) is 5.26. The zero-order valence-corrected chi connectivity index (χ0v) is 9.49. The fraction of sp³-hybridized carbons (Fsp3) is 0. The fourth-order valence-electron chi connectivity index (χ4n) is 0.994. The first-order valence-corrected chi connectivity index (χ1v) is 6.37. The van der Waals surface area contributed by atoms with Gasteiger partial charge in [-0.25, -0.2) is 8.42 Å². The van der Waals surface area contributed by atoms with Crippen LogP contribution in [0.15, 0.2) is 29.2 Å². The average Bonchev–Trinajstić information content (AvgIpc) is 2.70. The Kier molecular flexibility index (Phi) is 2.71. The van der Waals surface area contributed by atoms with E-state index >= 15 is 0 Å². The third-order valence-electron chi connectivity index (χ3n) is 1.71. The number of anilines is 2. The highest BCUT2D eigenvalue weighted by molar-refractivity contribution is 7.93. The van der Waals surface area contributed by atoms with Crippen LogP contribution >= 0.6 is 11.5 Å². The lowest BCUT2D eigenvalue weighted by Crippen LogP contribution is -2.12. The average molecular weight is 257 g/mol. The van der Waals surface area contributed by atoms with Crippen molar-refractivity contribution in [3.63, 3.8) is 0 Å². The van der Waals surface area contributed by atoms with Crippen LogP contribution in [0.2, 0.25) is 0 Å². The Bertz CT molecular complexity index is 563. The van der Waals surface area contributed by atoms with E-state index in [1.807, 2.05) is 0 Å². The van der Waals surface area contributed by atoms with Gasteiger partial charge in [-0.2, -0.15) is 0 Å². The minimum atomic E-state index is -3.64. The monoisotopic (exact) mass is 257 g/mol. The van der Waals surface area contributed by atoms with E-state index in [-0.39, 0.29) is 10.0 Å². The van der Waals surface area contributed by atoms with Crippen LogP contribution in [0.4, 0.5) is 10.8 Å². The molecule has 1 heterocycles. The maximum Gasteiger partial charge on any atom is 0.263 e. The van der Waals surface area contributed by atoms with Gasteiger partial charge >= 0.3 is 0 Å². The molecule has 0 atom stereocenters. The molecule has 2 rings (SSSR count). The number of sulfonamides is 1. The normalized spacial score (nSPS) is 11.2. The lowest BCUT2D eigenvalue weighted by atomic mass is 10.3. The zero-order valence-electron chi connectivity index (χ0n) is 7.86. The molecule has 0 amide bonds. The first kappa shape index (κ1) is 10.8. The van der Waals surface area contributed by atoms with E-state index in [0.29, 0.717) is 5.69 Å². The van der Waals surface area contributed by atoms with Gasteiger partial charge in [0.2, 0.25) is 5.13 Å². The van der Waals surface area contributed by atoms with Crippen molar-refractivity contribution >= 4 is 32.4 Å². The third-order valence-corrected chi connectivity index (χ3v) is 3.71. The lowest BCUT2D eigenvalue weighted by molar-refractivity contribution is 0.601. The number of nitrogens with zero attached hydrogens (tertiary/aromatic N) is 3. The molecule has 0 spiro atoms. The molecular formula is C7H7N5O2S2. The quantitative estimate of drug-likeness (QED) is 0.766. The summed E-state index contributed by atoms with van der Waals surface area (Å²) in [5.74, 6) is 0. The molecule has 0 saturated heterocycles. The molecule has 7 nitrogen and oxygen atoms in total. The van der Waals surface area contributed by atoms with Gasteiger partial charge in [0.15, 0.2) is 0 Å². The Hall–Kier alpha value is -1.74. The molecule has 0 bridgehead atoms. The van der Waals surface area contributed by atoms with E-state index < -0.39 is 10.0 Å². The van der Waals surface area contributed by atoms with Gasteiger partial charge in [-0.05, 0) is 29.5 Å². The van der Waals surface area contributed by atoms with Crippen LogP contribution in [-0.4, -0.2) is 23.2 Å². The van der Waals surface area contributed by atoms with E-state index in [0.717, 1.165) is 11.5 Å². The predicted octanol–water partition coefficient (Wildman–Crippen LogP) is 0.316. The topological polar surface area (TPSA) is 111 Å². The van der Waals surface area contributed by atoms with Crippen LogP contribution in [-0.2, 0) is 10.0 Å². The van der Waals surface area contributed by atoms with E-state index in [1.165, 1.54) is 24.3 Å². The Morgan fingerprint density at radius 2 is 1.94 bits per heavy atom. The summed E-state index contributed by atoms with van der Waals surface area (Å²) in [6.45, 7) is 0. The molecule has 2 aromatic rings. The lowest BCUT2D eigenvalue weighted by Gasteiger charge is -2.03. The Labute approximate surface area is 95.5 Å². The van der Waals surface area contributed by atoms with Crippen LogP contribution in [0.3, 0.4) is 0 Å². The van der Waals surface area contributed by atoms with Gasteiger partial charge in [-0.1, -0.05) is 9.59 Å². The summed E-state index contributed by atoms with van der Waals surface area (Å²) in [5, 5.41) is 6.89. The molecule has 9 heteroatoms. The number of benzene rings is 1. The van der Waals surface area contributed by atoms with Crippen LogP contribution in [0, 0.1) is 0 Å². The third kappa shape index (κ3) is 2.25. The number of nitrogen functional groups attached to an aromatic ring is 1. The van der Waals surface area contributed by atoms with E-state index in [1.54, 1.807) is 0 Å². The second-order valence-electron chi connectivity index (χ2n) is 2.84. The Morgan fingerprint density at radius 3 is 2.50 bits per heavy atom. The van der Waals surface area contributed by atoms with Crippen molar-refractivity contribution in [3.05, 3.63) is 24.3 Å². The number of hydrogen-bond acceptors (Lipinski definition) is 7. The molecule has 1 aromatic heterocycles. The Morgan fingerprint density at radius 1 is 1.25 bits per heavy atom. The van der Waals surface area contributed by atoms with E-state index in [9.17, 15) is 8.42 Å². The second kappa shape index (κ2) is 4.02. The SMILES string of the molecule is Nc1ccc(S(=O)(=O)Nc2nnns2)cc1. The van der Waals surface area contributed by atoms with Crippen molar-refractivity contribution in [1.82, 2.24) is 14.8 Å². The largest absolute Gasteiger partial charge is 0.399 e. The molecule has 3 N–H and O–H groups in total. The zero-order chi connectivity index (χ0) is 11.6. The Balaban J connectivity index is 2.29. The van der Waals surface area contributed by atoms with Crippen LogP contribution in [0.5, 0.6) is 0 Å². The maximum atomic E-state index is 11.8. The summed E-state index contributed by atoms with van der Waals surface area (Å²) >= 11 is 0.860. The minimum absolute atomic E-state index is 0.108. The van der Waals surface area contributed by atoms with Crippen molar-refractivity contribution in [1.29, 1.82) is 0 Å². The molecule has 0 aliphatic rings. The van der Waals surface area contributed by atoms with Crippen molar-refractivity contribution in [3.8, 4) is 0 Å². The molecule has 1 aromatic carbocycles. The summed E-state index contributed by atoms with van der Waals surface area (Å²) in [6, 6.07) is 5.83. The number of rotatable bonds is 3. The van der Waals surface area contributed by atoms with Crippen molar-refractivity contribution in [2.45, 2.75) is 4.90 Å². The van der Waals surface area contributed by atoms with Crippen molar-refractivity contribution in [2.75, 3.05) is 10.5 Å². The van der Waals surface area contributed by atoms with Crippen molar-refractivity contribution < 1.29 is 8.42 Å². The van der Waals surface area contributed by atoms with E-state index in [4.69, 9.17) is 5.73 Å². The molecule has 16 heavy (non-hydrogen) atoms. The summed E-state index contributed by atoms with van der Waals surface area (Å²) < 4.78 is 29.2. The molecule has 0 fully saturated rings. The molecular weight excluding hydrogens is 250 g/mol. The molecule has 0 saturated carbocycles. The fourth-order valence-corrected chi connectivity index (χ4v) is 2.58. The summed E-state index contributed by atoms with van der Waals surface area (Å²) in [5.41, 5.74) is 5.96. The molecule has 0 unspecified atom stereocenters. The standard InChI is InChI=1S/C7H7N5O2S2/c8-5-1-3-6(4-2-5)16(13,14)10-7-9-11-12-15-7/h1-4H,8H2,(H,9,10,12). The smallest absolute Gasteiger partial charge is 0.263 e. The first-order chi connectivity index (χ1) is 7.58. The number of nitrogens with two attached hydrogens (primary N) is 1. The number of hydrogen-bond donors (Lipinski definition) is 2. The van der Waals surface area contributed by atoms with Gasteiger partial charge in [-0.3, -0.25) is 4.72 Å². The highest BCUT2D eigenvalue weighted by Gasteiger charge is 2.15. The highest BCUT2D eigenvalue weighted by Crippen LogP contribution is 2.16.